The Morgan fingerprint density at radius 1 is 1.04 bits per heavy atom. The quantitative estimate of drug-likeness (QED) is 0.545. The minimum Gasteiger partial charge on any atom is -0.491 e. The summed E-state index contributed by atoms with van der Waals surface area (Å²) in [6.45, 7) is 9.44. The maximum absolute atomic E-state index is 9.10. The standard InChI is InChI=1S/C16H27NO2.C2H2O4/c1-13(2)15-10-14(3)11-16(12-15)19-9-8-18-7-6-17(4)5;3-1(4)2(5)6/h10-13H,6-9H2,1-5H3;(H,3,4)(H,5,6). The van der Waals surface area contributed by atoms with Crippen LogP contribution < -0.4 is 4.74 Å². The first kappa shape index (κ1) is 22.9. The second kappa shape index (κ2) is 12.3. The van der Waals surface area contributed by atoms with Crippen molar-refractivity contribution in [2.75, 3.05) is 40.5 Å². The summed E-state index contributed by atoms with van der Waals surface area (Å²) < 4.78 is 11.3. The van der Waals surface area contributed by atoms with Crippen LogP contribution in [0.2, 0.25) is 0 Å². The zero-order chi connectivity index (χ0) is 19.4. The molecule has 0 radical (unpaired) electrons. The van der Waals surface area contributed by atoms with Crippen molar-refractivity contribution >= 4 is 11.9 Å². The van der Waals surface area contributed by atoms with Gasteiger partial charge in [0.1, 0.15) is 12.4 Å². The molecule has 0 aliphatic rings. The molecule has 1 aromatic rings. The van der Waals surface area contributed by atoms with Crippen LogP contribution in [-0.2, 0) is 14.3 Å². The molecule has 142 valence electrons. The summed E-state index contributed by atoms with van der Waals surface area (Å²) in [5, 5.41) is 14.8. The molecule has 0 amide bonds. The molecule has 0 bridgehead atoms. The van der Waals surface area contributed by atoms with E-state index in [1.54, 1.807) is 0 Å². The van der Waals surface area contributed by atoms with Gasteiger partial charge in [0.15, 0.2) is 0 Å². The number of aryl methyl sites for hydroxylation is 1. The molecule has 0 unspecified atom stereocenters. The first-order valence-corrected chi connectivity index (χ1v) is 8.06. The lowest BCUT2D eigenvalue weighted by Crippen LogP contribution is -2.19. The third kappa shape index (κ3) is 12.0. The van der Waals surface area contributed by atoms with Crippen LogP contribution in [0.3, 0.4) is 0 Å². The largest absolute Gasteiger partial charge is 0.491 e. The Bertz CT molecular complexity index is 530. The number of benzene rings is 1. The molecule has 0 heterocycles. The number of carboxylic acids is 2. The van der Waals surface area contributed by atoms with Crippen LogP contribution in [-0.4, -0.2) is 67.5 Å². The van der Waals surface area contributed by atoms with Crippen molar-refractivity contribution in [2.24, 2.45) is 0 Å². The molecule has 1 aromatic carbocycles. The molecule has 0 spiro atoms. The molecular formula is C18H29NO6. The number of aliphatic carboxylic acids is 2. The highest BCUT2D eigenvalue weighted by molar-refractivity contribution is 6.27. The summed E-state index contributed by atoms with van der Waals surface area (Å²) in [5.74, 6) is -2.18. The van der Waals surface area contributed by atoms with Gasteiger partial charge >= 0.3 is 11.9 Å². The molecule has 1 rings (SSSR count). The first-order chi connectivity index (χ1) is 11.6. The van der Waals surface area contributed by atoms with Crippen LogP contribution in [0.1, 0.15) is 30.9 Å². The van der Waals surface area contributed by atoms with Gasteiger partial charge < -0.3 is 24.6 Å². The predicted octanol–water partition coefficient (Wildman–Crippen LogP) is 2.23. The van der Waals surface area contributed by atoms with Gasteiger partial charge in [-0.3, -0.25) is 0 Å². The van der Waals surface area contributed by atoms with Gasteiger partial charge in [-0.1, -0.05) is 19.9 Å². The lowest BCUT2D eigenvalue weighted by molar-refractivity contribution is -0.159. The van der Waals surface area contributed by atoms with E-state index in [-0.39, 0.29) is 0 Å². The Kier molecular flexibility index (Phi) is 11.2. The summed E-state index contributed by atoms with van der Waals surface area (Å²) in [5.41, 5.74) is 2.57. The Labute approximate surface area is 149 Å². The van der Waals surface area contributed by atoms with Gasteiger partial charge in [0.25, 0.3) is 0 Å². The van der Waals surface area contributed by atoms with Gasteiger partial charge in [0.05, 0.1) is 13.2 Å². The molecule has 0 aromatic heterocycles. The predicted molar refractivity (Wildman–Crippen MR) is 95.4 cm³/mol. The van der Waals surface area contributed by atoms with E-state index in [4.69, 9.17) is 29.3 Å². The second-order valence-corrected chi connectivity index (χ2v) is 6.11. The zero-order valence-corrected chi connectivity index (χ0v) is 15.6. The third-order valence-corrected chi connectivity index (χ3v) is 3.10. The summed E-state index contributed by atoms with van der Waals surface area (Å²) in [4.78, 5) is 20.3. The Hall–Kier alpha value is -2.12. The van der Waals surface area contributed by atoms with E-state index in [0.29, 0.717) is 19.1 Å². The van der Waals surface area contributed by atoms with Crippen LogP contribution in [0.15, 0.2) is 18.2 Å². The lowest BCUT2D eigenvalue weighted by atomic mass is 10.0. The number of ether oxygens (including phenoxy) is 2. The SMILES string of the molecule is Cc1cc(OCCOCCN(C)C)cc(C(C)C)c1.O=C(O)C(=O)O. The minimum absolute atomic E-state index is 0.526. The smallest absolute Gasteiger partial charge is 0.414 e. The second-order valence-electron chi connectivity index (χ2n) is 6.11. The van der Waals surface area contributed by atoms with Gasteiger partial charge in [-0.15, -0.1) is 0 Å². The molecule has 7 nitrogen and oxygen atoms in total. The van der Waals surface area contributed by atoms with E-state index in [0.717, 1.165) is 18.9 Å². The Balaban J connectivity index is 0.000000823. The van der Waals surface area contributed by atoms with Crippen molar-refractivity contribution < 1.29 is 29.3 Å². The number of carboxylic acid groups (broad SMARTS) is 2. The van der Waals surface area contributed by atoms with E-state index in [1.165, 1.54) is 11.1 Å². The first-order valence-electron chi connectivity index (χ1n) is 8.06. The highest BCUT2D eigenvalue weighted by Gasteiger charge is 2.04. The van der Waals surface area contributed by atoms with Crippen LogP contribution in [0, 0.1) is 6.92 Å². The minimum atomic E-state index is -1.82. The highest BCUT2D eigenvalue weighted by Crippen LogP contribution is 2.22. The maximum atomic E-state index is 9.10. The van der Waals surface area contributed by atoms with Crippen LogP contribution in [0.4, 0.5) is 0 Å². The van der Waals surface area contributed by atoms with Gasteiger partial charge in [-0.25, -0.2) is 9.59 Å². The van der Waals surface area contributed by atoms with E-state index < -0.39 is 11.9 Å². The molecule has 0 saturated heterocycles. The molecule has 7 heteroatoms. The fourth-order valence-corrected chi connectivity index (χ4v) is 1.76. The van der Waals surface area contributed by atoms with Gasteiger partial charge in [0, 0.05) is 6.54 Å². The summed E-state index contributed by atoms with van der Waals surface area (Å²) in [6.07, 6.45) is 0. The third-order valence-electron chi connectivity index (χ3n) is 3.10. The summed E-state index contributed by atoms with van der Waals surface area (Å²) in [7, 11) is 4.08. The maximum Gasteiger partial charge on any atom is 0.414 e. The summed E-state index contributed by atoms with van der Waals surface area (Å²) in [6, 6.07) is 6.41. The molecular weight excluding hydrogens is 326 g/mol. The molecule has 0 aliphatic heterocycles. The number of nitrogens with zero attached hydrogens (tertiary/aromatic N) is 1. The molecule has 0 atom stereocenters. The van der Waals surface area contributed by atoms with Crippen molar-refractivity contribution in [1.29, 1.82) is 0 Å². The Morgan fingerprint density at radius 2 is 1.64 bits per heavy atom. The van der Waals surface area contributed by atoms with Gasteiger partial charge in [0.2, 0.25) is 0 Å². The van der Waals surface area contributed by atoms with E-state index in [9.17, 15) is 0 Å². The fourth-order valence-electron chi connectivity index (χ4n) is 1.76. The number of rotatable bonds is 8. The van der Waals surface area contributed by atoms with E-state index >= 15 is 0 Å². The molecule has 25 heavy (non-hydrogen) atoms. The number of hydrogen-bond acceptors (Lipinski definition) is 5. The van der Waals surface area contributed by atoms with E-state index in [2.05, 4.69) is 43.9 Å². The van der Waals surface area contributed by atoms with Crippen molar-refractivity contribution in [1.82, 2.24) is 4.90 Å². The van der Waals surface area contributed by atoms with Crippen molar-refractivity contribution in [2.45, 2.75) is 26.7 Å². The van der Waals surface area contributed by atoms with Crippen molar-refractivity contribution in [3.63, 3.8) is 0 Å². The molecule has 0 saturated carbocycles. The van der Waals surface area contributed by atoms with Crippen LogP contribution >= 0.6 is 0 Å². The molecule has 0 fully saturated rings. The average Bonchev–Trinajstić information content (AvgIpc) is 2.50. The number of likely N-dealkylation sites (N-methyl/N-ethyl adjacent to an activating group) is 1. The lowest BCUT2D eigenvalue weighted by Gasteiger charge is -2.13. The topological polar surface area (TPSA) is 96.3 Å². The monoisotopic (exact) mass is 355 g/mol. The highest BCUT2D eigenvalue weighted by atomic mass is 16.5. The molecule has 2 N–H and O–H groups in total. The summed E-state index contributed by atoms with van der Waals surface area (Å²) >= 11 is 0. The van der Waals surface area contributed by atoms with Gasteiger partial charge in [-0.2, -0.15) is 0 Å². The van der Waals surface area contributed by atoms with Crippen molar-refractivity contribution in [3.8, 4) is 5.75 Å². The Morgan fingerprint density at radius 3 is 2.12 bits per heavy atom. The van der Waals surface area contributed by atoms with Crippen LogP contribution in [0.25, 0.3) is 0 Å². The fraction of sp³-hybridized carbons (Fsp3) is 0.556. The normalized spacial score (nSPS) is 10.4. The van der Waals surface area contributed by atoms with E-state index in [1.807, 2.05) is 14.1 Å². The molecule has 0 aliphatic carbocycles. The number of hydrogen-bond donors (Lipinski definition) is 2. The van der Waals surface area contributed by atoms with Crippen molar-refractivity contribution in [3.05, 3.63) is 29.3 Å². The zero-order valence-electron chi connectivity index (χ0n) is 15.6. The van der Waals surface area contributed by atoms with Crippen LogP contribution in [0.5, 0.6) is 5.75 Å². The number of carbonyl (C=O) groups is 2. The van der Waals surface area contributed by atoms with Gasteiger partial charge in [-0.05, 0) is 50.2 Å². The average molecular weight is 355 g/mol.